The van der Waals surface area contributed by atoms with Gasteiger partial charge >= 0.3 is 18.0 Å². The minimum atomic E-state index is -4.79. The molecule has 2 saturated heterocycles. The number of rotatable bonds is 15. The molecule has 2 aliphatic heterocycles. The molecule has 2 fully saturated rings. The van der Waals surface area contributed by atoms with Gasteiger partial charge in [-0.05, 0) is 102 Å². The van der Waals surface area contributed by atoms with E-state index in [0.29, 0.717) is 95.5 Å². The number of phenols is 1. The van der Waals surface area contributed by atoms with E-state index >= 15 is 13.2 Å². The maximum Gasteiger partial charge on any atom is 0.418 e. The number of fused-ring (bicyclic) bond motifs is 3. The van der Waals surface area contributed by atoms with E-state index in [1.165, 1.54) is 46.6 Å². The van der Waals surface area contributed by atoms with Crippen molar-refractivity contribution in [2.45, 2.75) is 45.8 Å². The topological polar surface area (TPSA) is 208 Å². The van der Waals surface area contributed by atoms with Crippen molar-refractivity contribution in [1.82, 2.24) is 53.9 Å². The molecule has 5 aromatic carbocycles. The lowest BCUT2D eigenvalue weighted by Gasteiger charge is -2.36. The summed E-state index contributed by atoms with van der Waals surface area (Å²) in [6.07, 6.45) is -2.11. The molecule has 2 N–H and O–H groups in total. The van der Waals surface area contributed by atoms with Gasteiger partial charge in [0.25, 0.3) is 5.91 Å². The number of halogens is 3. The Morgan fingerprint density at radius 1 is 0.733 bits per heavy atom. The zero-order chi connectivity index (χ0) is 60.6. The van der Waals surface area contributed by atoms with Crippen LogP contribution in [-0.4, -0.2) is 145 Å². The normalized spacial score (nSPS) is 14.1. The number of aryl methyl sites for hydroxylation is 1. The van der Waals surface area contributed by atoms with Crippen LogP contribution in [0.5, 0.6) is 23.1 Å². The van der Waals surface area contributed by atoms with Crippen LogP contribution in [0.1, 0.15) is 59.6 Å². The van der Waals surface area contributed by atoms with E-state index in [-0.39, 0.29) is 79.0 Å². The molecule has 0 atom stereocenters. The van der Waals surface area contributed by atoms with Crippen molar-refractivity contribution in [1.29, 1.82) is 0 Å². The molecule has 0 radical (unpaired) electrons. The summed E-state index contributed by atoms with van der Waals surface area (Å²) in [6, 6.07) is 30.8. The van der Waals surface area contributed by atoms with Crippen LogP contribution in [0.15, 0.2) is 126 Å². The Labute approximate surface area is 492 Å². The number of benzene rings is 5. The van der Waals surface area contributed by atoms with Gasteiger partial charge in [-0.3, -0.25) is 33.2 Å². The first-order valence-electron chi connectivity index (χ1n) is 28.2. The second-order valence-corrected chi connectivity index (χ2v) is 21.5. The average Bonchev–Trinajstić information content (AvgIpc) is 1.77. The van der Waals surface area contributed by atoms with Crippen LogP contribution in [0, 0.1) is 0 Å². The zero-order valence-corrected chi connectivity index (χ0v) is 48.3. The van der Waals surface area contributed by atoms with Crippen LogP contribution < -0.4 is 30.1 Å². The number of hydrogen-bond acceptors (Lipinski definition) is 14. The molecule has 0 aliphatic carbocycles. The lowest BCUT2D eigenvalue weighted by molar-refractivity contribution is -0.137. The minimum Gasteiger partial charge on any atom is -0.508 e. The molecule has 86 heavy (non-hydrogen) atoms. The van der Waals surface area contributed by atoms with Crippen molar-refractivity contribution in [3.63, 3.8) is 0 Å². The zero-order valence-electron chi connectivity index (χ0n) is 48.3. The fourth-order valence-corrected chi connectivity index (χ4v) is 11.2. The third-order valence-corrected chi connectivity index (χ3v) is 15.8. The summed E-state index contributed by atoms with van der Waals surface area (Å²) in [6.45, 7) is 9.50. The van der Waals surface area contributed by atoms with Crippen LogP contribution in [0.25, 0.3) is 55.8 Å². The lowest BCUT2D eigenvalue weighted by atomic mass is 9.98. The summed E-state index contributed by atoms with van der Waals surface area (Å²) in [7, 11) is 4.58. The number of anilines is 1. The molecule has 6 heterocycles. The van der Waals surface area contributed by atoms with Gasteiger partial charge in [0.2, 0.25) is 17.6 Å². The number of ether oxygens (including phenoxy) is 3. The number of nitrogens with one attached hydrogen (secondary N) is 1. The highest BCUT2D eigenvalue weighted by Gasteiger charge is 2.37. The molecule has 11 rings (SSSR count). The van der Waals surface area contributed by atoms with Gasteiger partial charge in [-0.25, -0.2) is 14.6 Å². The number of piperazine rings is 2. The SMILES string of the molecule is CCNC(=O)c1nnc(-c2cc(C(C)C)c(O)cc2OC)n1-c1ccc(CN2CCN(C(=O)Cc3ccc(OC(=O)N4CCN(c5ccc(-n6c(=O)n(C)c7cnc8ccc(-c9ccc(OC)nc9)cc8c76)cc5C(F)(F)F)CC4)cc3)CC2)cc1. The number of phenolic OH excluding ortho intramolecular Hbond substituents is 1. The Morgan fingerprint density at radius 2 is 1.43 bits per heavy atom. The van der Waals surface area contributed by atoms with E-state index in [0.717, 1.165) is 28.3 Å². The standard InChI is InChI=1S/C63H63F3N12O8/c1-7-67-60(81)59-71-70-58(48-33-46(38(2)3)53(79)34-54(48)84-5)78(59)43-14-8-40(9-15-43)37-73-22-24-75(25-23-73)56(80)30-39-10-17-45(18-11-39)86-62(83)76-28-26-74(27-29-76)51-20-16-44(32-49(51)63(64,65)66)77-57-47-31-41(42-13-21-55(85-6)69-35-42)12-19-50(47)68-36-52(57)72(4)61(77)82/h8-21,31-36,38,79H,7,22-30,37H2,1-6H3,(H,67,81). The molecule has 0 bridgehead atoms. The number of carbonyl (C=O) groups excluding carboxylic acids is 3. The summed E-state index contributed by atoms with van der Waals surface area (Å²) >= 11 is 0. The van der Waals surface area contributed by atoms with Gasteiger partial charge in [0.1, 0.15) is 17.2 Å². The molecular formula is C63H63F3N12O8. The molecule has 0 saturated carbocycles. The third-order valence-electron chi connectivity index (χ3n) is 15.8. The maximum absolute atomic E-state index is 15.1. The summed E-state index contributed by atoms with van der Waals surface area (Å²) in [5, 5.41) is 22.8. The van der Waals surface area contributed by atoms with Gasteiger partial charge in [-0.2, -0.15) is 13.2 Å². The van der Waals surface area contributed by atoms with Gasteiger partial charge in [0.15, 0.2) is 5.82 Å². The van der Waals surface area contributed by atoms with E-state index in [1.807, 2.05) is 74.2 Å². The Hall–Kier alpha value is -9.77. The third kappa shape index (κ3) is 11.6. The fourth-order valence-electron chi connectivity index (χ4n) is 11.2. The van der Waals surface area contributed by atoms with E-state index in [1.54, 1.807) is 65.2 Å². The predicted octanol–water partition coefficient (Wildman–Crippen LogP) is 9.01. The van der Waals surface area contributed by atoms with Crippen LogP contribution in [0.4, 0.5) is 23.7 Å². The number of amides is 3. The number of alkyl halides is 3. The minimum absolute atomic E-state index is 0.000366. The number of carbonyl (C=O) groups is 3. The first kappa shape index (κ1) is 58.0. The van der Waals surface area contributed by atoms with Crippen molar-refractivity contribution in [3.05, 3.63) is 160 Å². The average molecular weight is 1170 g/mol. The lowest BCUT2D eigenvalue weighted by Crippen LogP contribution is -2.50. The van der Waals surface area contributed by atoms with E-state index in [4.69, 9.17) is 14.2 Å². The molecule has 20 nitrogen and oxygen atoms in total. The molecular weight excluding hydrogens is 1110 g/mol. The summed E-state index contributed by atoms with van der Waals surface area (Å²) in [5.41, 5.74) is 5.08. The number of nitrogens with zero attached hydrogens (tertiary/aromatic N) is 11. The predicted molar refractivity (Wildman–Crippen MR) is 318 cm³/mol. The van der Waals surface area contributed by atoms with Crippen molar-refractivity contribution in [2.24, 2.45) is 7.05 Å². The van der Waals surface area contributed by atoms with Crippen molar-refractivity contribution in [2.75, 3.05) is 78.0 Å². The first-order valence-corrected chi connectivity index (χ1v) is 28.2. The van der Waals surface area contributed by atoms with Crippen LogP contribution >= 0.6 is 0 Å². The number of imidazole rings is 1. The second kappa shape index (κ2) is 24.1. The Balaban J connectivity index is 0.688. The van der Waals surface area contributed by atoms with Gasteiger partial charge in [0.05, 0.1) is 60.2 Å². The Morgan fingerprint density at radius 3 is 2.09 bits per heavy atom. The van der Waals surface area contributed by atoms with Crippen molar-refractivity contribution in [3.8, 4) is 57.0 Å². The van der Waals surface area contributed by atoms with Crippen LogP contribution in [0.2, 0.25) is 0 Å². The maximum atomic E-state index is 15.1. The Bertz CT molecular complexity index is 4070. The van der Waals surface area contributed by atoms with Gasteiger partial charge < -0.3 is 39.3 Å². The molecule has 23 heteroatoms. The van der Waals surface area contributed by atoms with Gasteiger partial charge in [0, 0.05) is 113 Å². The highest BCUT2D eigenvalue weighted by molar-refractivity contribution is 6.04. The number of pyridine rings is 2. The van der Waals surface area contributed by atoms with E-state index in [2.05, 4.69) is 30.4 Å². The summed E-state index contributed by atoms with van der Waals surface area (Å²) in [4.78, 5) is 70.1. The van der Waals surface area contributed by atoms with Crippen molar-refractivity contribution < 1.29 is 46.9 Å². The fraction of sp³-hybridized carbons (Fsp3) is 0.302. The number of aromatic nitrogens is 7. The molecule has 2 aliphatic rings. The van der Waals surface area contributed by atoms with Crippen LogP contribution in [-0.2, 0) is 31.0 Å². The highest BCUT2D eigenvalue weighted by atomic mass is 19.4. The molecule has 0 unspecified atom stereocenters. The molecule has 3 amide bonds. The summed E-state index contributed by atoms with van der Waals surface area (Å²) in [5.74, 6) is 1.23. The van der Waals surface area contributed by atoms with E-state index in [9.17, 15) is 24.3 Å². The van der Waals surface area contributed by atoms with Crippen LogP contribution in [0.3, 0.4) is 0 Å². The molecule has 4 aromatic heterocycles. The quantitative estimate of drug-likeness (QED) is 0.0983. The largest absolute Gasteiger partial charge is 0.508 e. The highest BCUT2D eigenvalue weighted by Crippen LogP contribution is 2.41. The number of methoxy groups -OCH3 is 2. The second-order valence-electron chi connectivity index (χ2n) is 21.5. The van der Waals surface area contributed by atoms with Crippen molar-refractivity contribution >= 4 is 45.5 Å². The first-order chi connectivity index (χ1) is 41.4. The molecule has 9 aromatic rings. The Kier molecular flexibility index (Phi) is 16.2. The monoisotopic (exact) mass is 1170 g/mol. The number of aromatic hydroxyl groups is 1. The van der Waals surface area contributed by atoms with Gasteiger partial charge in [-0.1, -0.05) is 44.2 Å². The molecule has 444 valence electrons. The molecule has 0 spiro atoms. The van der Waals surface area contributed by atoms with Gasteiger partial charge in [-0.15, -0.1) is 10.2 Å². The summed E-state index contributed by atoms with van der Waals surface area (Å²) < 4.78 is 66.1. The van der Waals surface area contributed by atoms with E-state index < -0.39 is 23.5 Å². The smallest absolute Gasteiger partial charge is 0.418 e. The number of hydrogen-bond donors (Lipinski definition) is 2.